The normalized spacial score (nSPS) is 18.5. The van der Waals surface area contributed by atoms with Gasteiger partial charge in [0.15, 0.2) is 0 Å². The lowest BCUT2D eigenvalue weighted by atomic mass is 10.3. The molecule has 0 aliphatic carbocycles. The Morgan fingerprint density at radius 1 is 1.41 bits per heavy atom. The van der Waals surface area contributed by atoms with Gasteiger partial charge >= 0.3 is 0 Å². The molecule has 1 aliphatic rings. The van der Waals surface area contributed by atoms with Crippen molar-refractivity contribution in [2.24, 2.45) is 0 Å². The second kappa shape index (κ2) is 5.54. The van der Waals surface area contributed by atoms with Gasteiger partial charge in [-0.2, -0.15) is 0 Å². The molecule has 96 valence electrons. The Kier molecular flexibility index (Phi) is 4.05. The fourth-order valence-electron chi connectivity index (χ4n) is 2.39. The first-order valence-corrected chi connectivity index (χ1v) is 6.61. The van der Waals surface area contributed by atoms with Crippen LogP contribution in [0.25, 0.3) is 0 Å². The molecule has 4 heteroatoms. The van der Waals surface area contributed by atoms with Gasteiger partial charge in [-0.1, -0.05) is 0 Å². The Bertz CT molecular complexity index is 356. The van der Waals surface area contributed by atoms with Crippen LogP contribution in [0.4, 0.5) is 0 Å². The van der Waals surface area contributed by atoms with Crippen molar-refractivity contribution in [1.29, 1.82) is 0 Å². The number of aromatic nitrogens is 2. The van der Waals surface area contributed by atoms with E-state index in [1.165, 1.54) is 25.9 Å². The molecule has 0 bridgehead atoms. The van der Waals surface area contributed by atoms with Crippen LogP contribution >= 0.6 is 0 Å². The Balaban J connectivity index is 1.97. The smallest absolute Gasteiger partial charge is 0.235 e. The van der Waals surface area contributed by atoms with Crippen LogP contribution in [0.1, 0.15) is 38.3 Å². The van der Waals surface area contributed by atoms with E-state index in [0.717, 1.165) is 18.0 Å². The molecule has 0 aromatic carbocycles. The van der Waals surface area contributed by atoms with Crippen LogP contribution in [0.15, 0.2) is 6.20 Å². The molecule has 0 saturated carbocycles. The molecule has 1 aromatic rings. The minimum absolute atomic E-state index is 0.418. The summed E-state index contributed by atoms with van der Waals surface area (Å²) in [4.78, 5) is 2.52. The number of likely N-dealkylation sites (tertiary alicyclic amines) is 1. The number of ether oxygens (including phenoxy) is 1. The summed E-state index contributed by atoms with van der Waals surface area (Å²) in [6, 6.07) is 0.418. The van der Waals surface area contributed by atoms with Gasteiger partial charge in [-0.15, -0.1) is 5.10 Å². The maximum atomic E-state index is 5.49. The second-order valence-corrected chi connectivity index (χ2v) is 4.89. The second-order valence-electron chi connectivity index (χ2n) is 4.89. The highest BCUT2D eigenvalue weighted by molar-refractivity contribution is 5.21. The fraction of sp³-hybridized carbons (Fsp3) is 0.769. The van der Waals surface area contributed by atoms with E-state index in [0.29, 0.717) is 12.6 Å². The summed E-state index contributed by atoms with van der Waals surface area (Å²) < 4.78 is 7.53. The molecule has 1 fully saturated rings. The van der Waals surface area contributed by atoms with E-state index in [1.807, 2.05) is 11.6 Å². The molecular formula is C13H23N3O. The quantitative estimate of drug-likeness (QED) is 0.787. The van der Waals surface area contributed by atoms with Crippen molar-refractivity contribution >= 4 is 0 Å². The van der Waals surface area contributed by atoms with Gasteiger partial charge in [-0.25, -0.2) is 0 Å². The lowest BCUT2D eigenvalue weighted by Crippen LogP contribution is -2.27. The zero-order valence-corrected chi connectivity index (χ0v) is 11.1. The van der Waals surface area contributed by atoms with Crippen LogP contribution in [-0.2, 0) is 0 Å². The first-order valence-electron chi connectivity index (χ1n) is 6.61. The van der Waals surface area contributed by atoms with Crippen molar-refractivity contribution in [2.75, 3.05) is 26.2 Å². The highest BCUT2D eigenvalue weighted by atomic mass is 16.5. The Morgan fingerprint density at radius 3 is 2.76 bits per heavy atom. The molecule has 0 N–H and O–H groups in total. The summed E-state index contributed by atoms with van der Waals surface area (Å²) in [6.07, 6.45) is 4.77. The number of aryl methyl sites for hydroxylation is 1. The molecule has 1 saturated heterocycles. The summed E-state index contributed by atoms with van der Waals surface area (Å²) in [5.41, 5.74) is 1.13. The topological polar surface area (TPSA) is 30.3 Å². The van der Waals surface area contributed by atoms with E-state index in [-0.39, 0.29) is 0 Å². The average molecular weight is 237 g/mol. The highest BCUT2D eigenvalue weighted by Gasteiger charge is 2.17. The standard InChI is InChI=1S/C13H23N3O/c1-4-17-13-11(2)9-16(14-13)12(3)10-15-7-5-6-8-15/h9,12H,4-8,10H2,1-3H3. The van der Waals surface area contributed by atoms with Crippen molar-refractivity contribution in [2.45, 2.75) is 39.7 Å². The third kappa shape index (κ3) is 3.00. The van der Waals surface area contributed by atoms with Gasteiger partial charge in [0.05, 0.1) is 12.6 Å². The molecule has 1 atom stereocenters. The molecular weight excluding hydrogens is 214 g/mol. The van der Waals surface area contributed by atoms with Gasteiger partial charge < -0.3 is 9.64 Å². The Hall–Kier alpha value is -1.03. The van der Waals surface area contributed by atoms with Crippen molar-refractivity contribution in [3.63, 3.8) is 0 Å². The first-order chi connectivity index (χ1) is 8.20. The minimum Gasteiger partial charge on any atom is -0.477 e. The molecule has 17 heavy (non-hydrogen) atoms. The number of hydrogen-bond donors (Lipinski definition) is 0. The predicted molar refractivity (Wildman–Crippen MR) is 68.5 cm³/mol. The van der Waals surface area contributed by atoms with Crippen LogP contribution in [0.3, 0.4) is 0 Å². The van der Waals surface area contributed by atoms with E-state index < -0.39 is 0 Å². The molecule has 1 unspecified atom stereocenters. The van der Waals surface area contributed by atoms with Crippen LogP contribution in [-0.4, -0.2) is 40.9 Å². The monoisotopic (exact) mass is 237 g/mol. The highest BCUT2D eigenvalue weighted by Crippen LogP contribution is 2.19. The van der Waals surface area contributed by atoms with E-state index in [1.54, 1.807) is 0 Å². The zero-order valence-electron chi connectivity index (χ0n) is 11.1. The molecule has 2 rings (SSSR count). The van der Waals surface area contributed by atoms with Crippen LogP contribution in [0.5, 0.6) is 5.88 Å². The van der Waals surface area contributed by atoms with E-state index >= 15 is 0 Å². The average Bonchev–Trinajstić information content (AvgIpc) is 2.90. The number of nitrogens with zero attached hydrogens (tertiary/aromatic N) is 3. The Labute approximate surface area is 104 Å². The van der Waals surface area contributed by atoms with Crippen LogP contribution in [0, 0.1) is 6.92 Å². The first kappa shape index (κ1) is 12.4. The zero-order chi connectivity index (χ0) is 12.3. The van der Waals surface area contributed by atoms with Gasteiger partial charge in [-0.05, 0) is 46.7 Å². The molecule has 1 aromatic heterocycles. The maximum absolute atomic E-state index is 5.49. The van der Waals surface area contributed by atoms with Crippen LogP contribution in [0.2, 0.25) is 0 Å². The summed E-state index contributed by atoms with van der Waals surface area (Å²) in [5.74, 6) is 0.778. The molecule has 0 amide bonds. The summed E-state index contributed by atoms with van der Waals surface area (Å²) >= 11 is 0. The third-order valence-electron chi connectivity index (χ3n) is 3.32. The predicted octanol–water partition coefficient (Wildman–Crippen LogP) is 2.25. The van der Waals surface area contributed by atoms with Gasteiger partial charge in [0.2, 0.25) is 5.88 Å². The largest absolute Gasteiger partial charge is 0.477 e. The van der Waals surface area contributed by atoms with Gasteiger partial charge in [0.1, 0.15) is 0 Å². The van der Waals surface area contributed by atoms with Crippen molar-refractivity contribution in [3.8, 4) is 5.88 Å². The van der Waals surface area contributed by atoms with Gasteiger partial charge in [-0.3, -0.25) is 4.68 Å². The molecule has 1 aliphatic heterocycles. The number of hydrogen-bond acceptors (Lipinski definition) is 3. The lowest BCUT2D eigenvalue weighted by molar-refractivity contribution is 0.269. The molecule has 4 nitrogen and oxygen atoms in total. The molecule has 2 heterocycles. The number of rotatable bonds is 5. The van der Waals surface area contributed by atoms with Crippen molar-refractivity contribution < 1.29 is 4.74 Å². The van der Waals surface area contributed by atoms with E-state index in [9.17, 15) is 0 Å². The van der Waals surface area contributed by atoms with Gasteiger partial charge in [0.25, 0.3) is 0 Å². The Morgan fingerprint density at radius 2 is 2.12 bits per heavy atom. The van der Waals surface area contributed by atoms with E-state index in [4.69, 9.17) is 4.74 Å². The van der Waals surface area contributed by atoms with Crippen molar-refractivity contribution in [1.82, 2.24) is 14.7 Å². The van der Waals surface area contributed by atoms with E-state index in [2.05, 4.69) is 30.0 Å². The molecule has 0 spiro atoms. The van der Waals surface area contributed by atoms with Crippen molar-refractivity contribution in [3.05, 3.63) is 11.8 Å². The third-order valence-corrected chi connectivity index (χ3v) is 3.32. The SMILES string of the molecule is CCOc1nn(C(C)CN2CCCC2)cc1C. The molecule has 0 radical (unpaired) electrons. The lowest BCUT2D eigenvalue weighted by Gasteiger charge is -2.20. The fourth-order valence-corrected chi connectivity index (χ4v) is 2.39. The summed E-state index contributed by atoms with van der Waals surface area (Å²) in [6.45, 7) is 10.5. The van der Waals surface area contributed by atoms with Gasteiger partial charge in [0, 0.05) is 18.3 Å². The maximum Gasteiger partial charge on any atom is 0.235 e. The summed E-state index contributed by atoms with van der Waals surface area (Å²) in [7, 11) is 0. The van der Waals surface area contributed by atoms with Crippen LogP contribution < -0.4 is 4.74 Å². The summed E-state index contributed by atoms with van der Waals surface area (Å²) in [5, 5.41) is 4.51. The minimum atomic E-state index is 0.418.